The first kappa shape index (κ1) is 17.7. The number of aryl methyl sites for hydroxylation is 1. The van der Waals surface area contributed by atoms with Gasteiger partial charge in [-0.05, 0) is 60.4 Å². The molecule has 1 aliphatic carbocycles. The van der Waals surface area contributed by atoms with E-state index in [4.69, 9.17) is 10.7 Å². The van der Waals surface area contributed by atoms with Crippen LogP contribution in [0.25, 0.3) is 0 Å². The second-order valence-electron chi connectivity index (χ2n) is 6.44. The Morgan fingerprint density at radius 1 is 1.00 bits per heavy atom. The summed E-state index contributed by atoms with van der Waals surface area (Å²) in [5, 5.41) is 3.38. The topological polar surface area (TPSA) is 50.4 Å². The lowest BCUT2D eigenvalue weighted by Gasteiger charge is -2.17. The minimum Gasteiger partial charge on any atom is -0.397 e. The predicted molar refractivity (Wildman–Crippen MR) is 112 cm³/mol. The third kappa shape index (κ3) is 4.51. The minimum atomic E-state index is 0.628. The predicted octanol–water partition coefficient (Wildman–Crippen LogP) is 5.51. The van der Waals surface area contributed by atoms with E-state index in [-0.39, 0.29) is 0 Å². The summed E-state index contributed by atoms with van der Waals surface area (Å²) in [4.78, 5) is 4.71. The van der Waals surface area contributed by atoms with Crippen LogP contribution < -0.4 is 11.1 Å². The Morgan fingerprint density at radius 2 is 1.73 bits per heavy atom. The number of nitrogens with one attached hydrogen (secondary N) is 1. The van der Waals surface area contributed by atoms with Crippen molar-refractivity contribution in [3.05, 3.63) is 95.9 Å². The minimum absolute atomic E-state index is 0.628. The molecule has 0 atom stereocenters. The van der Waals surface area contributed by atoms with Gasteiger partial charge in [-0.1, -0.05) is 50.3 Å². The van der Waals surface area contributed by atoms with E-state index < -0.39 is 0 Å². The number of anilines is 1. The van der Waals surface area contributed by atoms with Gasteiger partial charge in [-0.25, -0.2) is 4.99 Å². The highest BCUT2D eigenvalue weighted by atomic mass is 14.9. The quantitative estimate of drug-likeness (QED) is 0.726. The summed E-state index contributed by atoms with van der Waals surface area (Å²) in [7, 11) is 0. The lowest BCUT2D eigenvalue weighted by atomic mass is 10.0. The molecule has 3 heteroatoms. The number of hydrogen-bond acceptors (Lipinski definition) is 3. The van der Waals surface area contributed by atoms with Crippen LogP contribution in [0.15, 0.2) is 95.3 Å². The first-order valence-electron chi connectivity index (χ1n) is 9.04. The zero-order chi connectivity index (χ0) is 18.4. The van der Waals surface area contributed by atoms with Crippen LogP contribution in [0.1, 0.15) is 25.3 Å². The number of hydrogen-bond donors (Lipinski definition) is 2. The molecule has 132 valence electrons. The average Bonchev–Trinajstić information content (AvgIpc) is 2.66. The molecule has 3 rings (SSSR count). The fourth-order valence-electron chi connectivity index (χ4n) is 2.80. The van der Waals surface area contributed by atoms with E-state index in [0.717, 1.165) is 34.8 Å². The van der Waals surface area contributed by atoms with Crippen LogP contribution in [0.4, 0.5) is 11.4 Å². The molecule has 0 saturated carbocycles. The monoisotopic (exact) mass is 343 g/mol. The number of nitrogens with two attached hydrogens (primary N) is 1. The first-order chi connectivity index (χ1) is 12.7. The highest BCUT2D eigenvalue weighted by molar-refractivity contribution is 6.11. The number of para-hydroxylation sites is 1. The van der Waals surface area contributed by atoms with Crippen LogP contribution in [-0.2, 0) is 6.42 Å². The van der Waals surface area contributed by atoms with Gasteiger partial charge >= 0.3 is 0 Å². The number of aliphatic imine (C=N–C) groups is 1. The summed E-state index contributed by atoms with van der Waals surface area (Å²) in [6.45, 7) is 6.29. The third-order valence-electron chi connectivity index (χ3n) is 4.31. The number of nitrogens with zero attached hydrogens (tertiary/aromatic N) is 1. The highest BCUT2D eigenvalue weighted by Crippen LogP contribution is 2.23. The summed E-state index contributed by atoms with van der Waals surface area (Å²) in [5.74, 6) is 0. The van der Waals surface area contributed by atoms with Crippen LogP contribution in [0, 0.1) is 0 Å². The van der Waals surface area contributed by atoms with Gasteiger partial charge in [0.1, 0.15) is 0 Å². The molecule has 26 heavy (non-hydrogen) atoms. The number of allylic oxidation sites excluding steroid dienone is 2. The van der Waals surface area contributed by atoms with Crippen molar-refractivity contribution in [3.63, 3.8) is 0 Å². The van der Waals surface area contributed by atoms with E-state index >= 15 is 0 Å². The Hall–Kier alpha value is -3.07. The van der Waals surface area contributed by atoms with Crippen LogP contribution >= 0.6 is 0 Å². The second-order valence-corrected chi connectivity index (χ2v) is 6.44. The van der Waals surface area contributed by atoms with E-state index in [1.54, 1.807) is 0 Å². The largest absolute Gasteiger partial charge is 0.397 e. The van der Waals surface area contributed by atoms with Crippen molar-refractivity contribution in [1.82, 2.24) is 0 Å². The molecule has 0 bridgehead atoms. The molecule has 0 spiro atoms. The smallest absolute Gasteiger partial charge is 0.0887 e. The number of rotatable bonds is 6. The Bertz CT molecular complexity index is 856. The van der Waals surface area contributed by atoms with Gasteiger partial charge in [-0.15, -0.1) is 0 Å². The molecule has 0 aliphatic heterocycles. The van der Waals surface area contributed by atoms with Gasteiger partial charge in [0.05, 0.1) is 17.1 Å². The number of unbranched alkanes of at least 4 members (excludes halogenated alkanes) is 1. The maximum absolute atomic E-state index is 6.17. The fraction of sp³-hybridized carbons (Fsp3) is 0.174. The van der Waals surface area contributed by atoms with Crippen LogP contribution in [-0.4, -0.2) is 5.71 Å². The lowest BCUT2D eigenvalue weighted by molar-refractivity contribution is 0.795. The average molecular weight is 343 g/mol. The lowest BCUT2D eigenvalue weighted by Crippen LogP contribution is -2.17. The molecule has 3 nitrogen and oxygen atoms in total. The van der Waals surface area contributed by atoms with Crippen LogP contribution in [0.2, 0.25) is 0 Å². The van der Waals surface area contributed by atoms with Crippen molar-refractivity contribution in [1.29, 1.82) is 0 Å². The van der Waals surface area contributed by atoms with Gasteiger partial charge < -0.3 is 11.1 Å². The van der Waals surface area contributed by atoms with Gasteiger partial charge in [0.2, 0.25) is 0 Å². The summed E-state index contributed by atoms with van der Waals surface area (Å²) >= 11 is 0. The Morgan fingerprint density at radius 3 is 2.42 bits per heavy atom. The molecule has 0 heterocycles. The maximum Gasteiger partial charge on any atom is 0.0887 e. The van der Waals surface area contributed by atoms with Crippen molar-refractivity contribution >= 4 is 17.1 Å². The Balaban J connectivity index is 1.81. The highest BCUT2D eigenvalue weighted by Gasteiger charge is 2.13. The van der Waals surface area contributed by atoms with Crippen molar-refractivity contribution in [2.24, 2.45) is 10.7 Å². The maximum atomic E-state index is 6.17. The van der Waals surface area contributed by atoms with Crippen LogP contribution in [0.5, 0.6) is 0 Å². The normalized spacial score (nSPS) is 15.6. The van der Waals surface area contributed by atoms with Crippen molar-refractivity contribution in [3.8, 4) is 0 Å². The standard InChI is InChI=1S/C23H25N3/c1-3-4-8-18-11-13-20(14-12-18)26-23-16-22(17(2)15-21(23)24)25-19-9-6-5-7-10-19/h5-7,9-16,25H,2-4,8,24H2,1H3/b26-23-. The van der Waals surface area contributed by atoms with Crippen molar-refractivity contribution < 1.29 is 0 Å². The fourth-order valence-corrected chi connectivity index (χ4v) is 2.80. The van der Waals surface area contributed by atoms with E-state index in [1.165, 1.54) is 18.4 Å². The number of benzene rings is 2. The van der Waals surface area contributed by atoms with Crippen LogP contribution in [0.3, 0.4) is 0 Å². The second kappa shape index (κ2) is 8.34. The molecule has 1 aliphatic rings. The molecule has 0 fully saturated rings. The molecule has 3 N–H and O–H groups in total. The molecular weight excluding hydrogens is 318 g/mol. The van der Waals surface area contributed by atoms with Gasteiger partial charge in [-0.3, -0.25) is 0 Å². The van der Waals surface area contributed by atoms with Gasteiger partial charge in [0.25, 0.3) is 0 Å². The molecule has 0 unspecified atom stereocenters. The van der Waals surface area contributed by atoms with E-state index in [0.29, 0.717) is 5.70 Å². The first-order valence-corrected chi connectivity index (χ1v) is 9.04. The molecule has 2 aromatic carbocycles. The molecule has 0 saturated heterocycles. The SMILES string of the molecule is C=C1C=C(N)/C(=N\c2ccc(CCCC)cc2)C=C1Nc1ccccc1. The molecular formula is C23H25N3. The van der Waals surface area contributed by atoms with Gasteiger partial charge in [0, 0.05) is 11.4 Å². The molecule has 2 aromatic rings. The molecule has 0 radical (unpaired) electrons. The van der Waals surface area contributed by atoms with E-state index in [1.807, 2.05) is 54.6 Å². The molecule has 0 aromatic heterocycles. The van der Waals surface area contributed by atoms with Gasteiger partial charge in [-0.2, -0.15) is 0 Å². The Kier molecular flexibility index (Phi) is 5.69. The summed E-state index contributed by atoms with van der Waals surface area (Å²) in [6.07, 6.45) is 7.34. The summed E-state index contributed by atoms with van der Waals surface area (Å²) in [6, 6.07) is 18.4. The Labute approximate surface area is 155 Å². The molecule has 0 amide bonds. The van der Waals surface area contributed by atoms with Crippen molar-refractivity contribution in [2.75, 3.05) is 5.32 Å². The summed E-state index contributed by atoms with van der Waals surface area (Å²) in [5.41, 5.74) is 12.6. The van der Waals surface area contributed by atoms with Gasteiger partial charge in [0.15, 0.2) is 0 Å². The third-order valence-corrected chi connectivity index (χ3v) is 4.31. The van der Waals surface area contributed by atoms with Crippen molar-refractivity contribution in [2.45, 2.75) is 26.2 Å². The zero-order valence-electron chi connectivity index (χ0n) is 15.2. The zero-order valence-corrected chi connectivity index (χ0v) is 15.2. The summed E-state index contributed by atoms with van der Waals surface area (Å²) < 4.78 is 0. The van der Waals surface area contributed by atoms with E-state index in [9.17, 15) is 0 Å². The van der Waals surface area contributed by atoms with E-state index in [2.05, 4.69) is 31.0 Å².